The minimum Gasteiger partial charge on any atom is -0.233 e. The van der Waals surface area contributed by atoms with E-state index in [2.05, 4.69) is 22.4 Å². The van der Waals surface area contributed by atoms with Crippen molar-refractivity contribution in [3.8, 4) is 0 Å². The maximum absolute atomic E-state index is 11.4. The van der Waals surface area contributed by atoms with Crippen molar-refractivity contribution in [1.29, 1.82) is 0 Å². The van der Waals surface area contributed by atoms with E-state index in [0.717, 1.165) is 32.1 Å². The molecule has 86 valence electrons. The molecular weight excluding hydrogens is 230 g/mol. The summed E-state index contributed by atoms with van der Waals surface area (Å²) in [6.45, 7) is 0.685. The monoisotopic (exact) mass is 247 g/mol. The van der Waals surface area contributed by atoms with Crippen molar-refractivity contribution in [3.63, 3.8) is 0 Å². The Morgan fingerprint density at radius 2 is 2.20 bits per heavy atom. The van der Waals surface area contributed by atoms with E-state index in [9.17, 15) is 8.42 Å². The first-order chi connectivity index (χ1) is 7.04. The highest BCUT2D eigenvalue weighted by molar-refractivity contribution is 7.91. The summed E-state index contributed by atoms with van der Waals surface area (Å²) in [6, 6.07) is 0. The van der Waals surface area contributed by atoms with Gasteiger partial charge in [0.2, 0.25) is 0 Å². The largest absolute Gasteiger partial charge is 0.233 e. The Morgan fingerprint density at radius 1 is 1.47 bits per heavy atom. The van der Waals surface area contributed by atoms with Crippen LogP contribution in [0, 0.1) is 5.92 Å². The van der Waals surface area contributed by atoms with E-state index in [1.165, 1.54) is 6.26 Å². The van der Waals surface area contributed by atoms with Gasteiger partial charge in [0.25, 0.3) is 0 Å². The van der Waals surface area contributed by atoms with Gasteiger partial charge >= 0.3 is 0 Å². The Hall–Kier alpha value is -0.250. The molecule has 1 fully saturated rings. The van der Waals surface area contributed by atoms with Crippen LogP contribution in [0.25, 0.3) is 0 Å². The molecule has 0 heterocycles. The van der Waals surface area contributed by atoms with Crippen molar-refractivity contribution >= 4 is 27.2 Å². The molecule has 0 aromatic heterocycles. The second kappa shape index (κ2) is 5.73. The molecule has 0 amide bonds. The number of hydrogen-bond acceptors (Lipinski definition) is 4. The van der Waals surface area contributed by atoms with Crippen LogP contribution in [-0.4, -0.2) is 31.6 Å². The summed E-state index contributed by atoms with van der Waals surface area (Å²) >= 11 is 4.49. The highest BCUT2D eigenvalue weighted by Gasteiger charge is 2.28. The molecule has 15 heavy (non-hydrogen) atoms. The molecule has 2 atom stereocenters. The van der Waals surface area contributed by atoms with Gasteiger partial charge in [-0.05, 0) is 37.4 Å². The van der Waals surface area contributed by atoms with Gasteiger partial charge in [0.1, 0.15) is 9.84 Å². The molecule has 1 aliphatic carbocycles. The number of nitrogens with zero attached hydrogens (tertiary/aromatic N) is 1. The van der Waals surface area contributed by atoms with Gasteiger partial charge < -0.3 is 0 Å². The number of aliphatic imine (C=N–C) groups is 1. The Kier molecular flexibility index (Phi) is 4.90. The fourth-order valence-corrected chi connectivity index (χ4v) is 3.49. The van der Waals surface area contributed by atoms with E-state index >= 15 is 0 Å². The topological polar surface area (TPSA) is 46.5 Å². The minimum absolute atomic E-state index is 0.132. The average Bonchev–Trinajstić information content (AvgIpc) is 2.17. The van der Waals surface area contributed by atoms with Gasteiger partial charge in [0, 0.05) is 12.8 Å². The van der Waals surface area contributed by atoms with Crippen LogP contribution in [0.1, 0.15) is 32.1 Å². The lowest BCUT2D eigenvalue weighted by atomic mass is 9.87. The van der Waals surface area contributed by atoms with Crippen molar-refractivity contribution in [2.45, 2.75) is 37.4 Å². The van der Waals surface area contributed by atoms with E-state index in [4.69, 9.17) is 0 Å². The molecule has 5 heteroatoms. The highest BCUT2D eigenvalue weighted by atomic mass is 32.2. The van der Waals surface area contributed by atoms with Crippen molar-refractivity contribution < 1.29 is 8.42 Å². The summed E-state index contributed by atoms with van der Waals surface area (Å²) in [5.41, 5.74) is 0. The Labute approximate surface area is 96.9 Å². The predicted octanol–water partition coefficient (Wildman–Crippen LogP) is 2.08. The zero-order valence-corrected chi connectivity index (χ0v) is 10.6. The van der Waals surface area contributed by atoms with E-state index in [-0.39, 0.29) is 5.25 Å². The average molecular weight is 247 g/mol. The van der Waals surface area contributed by atoms with Gasteiger partial charge in [-0.15, -0.1) is 0 Å². The molecule has 0 aromatic carbocycles. The molecule has 1 rings (SSSR count). The summed E-state index contributed by atoms with van der Waals surface area (Å²) in [4.78, 5) is 3.87. The molecular formula is C10H17NO2S2. The van der Waals surface area contributed by atoms with Crippen molar-refractivity contribution in [2.75, 3.05) is 12.8 Å². The number of isothiocyanates is 1. The Morgan fingerprint density at radius 3 is 2.80 bits per heavy atom. The molecule has 0 aromatic rings. The van der Waals surface area contributed by atoms with Crippen LogP contribution < -0.4 is 0 Å². The van der Waals surface area contributed by atoms with E-state index in [1.807, 2.05) is 0 Å². The zero-order valence-electron chi connectivity index (χ0n) is 8.98. The second-order valence-corrected chi connectivity index (χ2v) is 6.75. The molecule has 0 bridgehead atoms. The van der Waals surface area contributed by atoms with Gasteiger partial charge in [-0.2, -0.15) is 0 Å². The molecule has 0 aliphatic heterocycles. The lowest BCUT2D eigenvalue weighted by Gasteiger charge is -2.27. The molecule has 0 saturated heterocycles. The molecule has 0 radical (unpaired) electrons. The number of rotatable bonds is 4. The molecule has 1 saturated carbocycles. The van der Waals surface area contributed by atoms with Crippen molar-refractivity contribution in [3.05, 3.63) is 0 Å². The van der Waals surface area contributed by atoms with Gasteiger partial charge in [0.05, 0.1) is 10.4 Å². The van der Waals surface area contributed by atoms with Gasteiger partial charge in [-0.25, -0.2) is 13.4 Å². The first kappa shape index (κ1) is 12.8. The summed E-state index contributed by atoms with van der Waals surface area (Å²) < 4.78 is 22.8. The number of sulfone groups is 1. The zero-order chi connectivity index (χ0) is 11.3. The standard InChI is InChI=1S/C10H17NO2S2/c1-15(12,13)10-4-2-3-9(7-10)5-6-11-8-14/h9-10H,2-7H2,1H3/t9-,10-/m1/s1. The lowest BCUT2D eigenvalue weighted by Crippen LogP contribution is -2.27. The van der Waals surface area contributed by atoms with E-state index < -0.39 is 9.84 Å². The van der Waals surface area contributed by atoms with Crippen LogP contribution in [0.2, 0.25) is 0 Å². The quantitative estimate of drug-likeness (QED) is 0.564. The SMILES string of the molecule is CS(=O)(=O)[C@@H]1CCC[C@H](CCN=C=S)C1. The summed E-state index contributed by atoms with van der Waals surface area (Å²) in [6.07, 6.45) is 6.05. The summed E-state index contributed by atoms with van der Waals surface area (Å²) in [5, 5.41) is 2.21. The Bertz CT molecular complexity index is 344. The first-order valence-electron chi connectivity index (χ1n) is 5.26. The number of hydrogen-bond donors (Lipinski definition) is 0. The molecule has 3 nitrogen and oxygen atoms in total. The molecule has 0 unspecified atom stereocenters. The third kappa shape index (κ3) is 4.41. The van der Waals surface area contributed by atoms with Crippen molar-refractivity contribution in [1.82, 2.24) is 0 Å². The van der Waals surface area contributed by atoms with Crippen LogP contribution in [0.5, 0.6) is 0 Å². The molecule has 0 N–H and O–H groups in total. The van der Waals surface area contributed by atoms with Gasteiger partial charge in [-0.3, -0.25) is 0 Å². The van der Waals surface area contributed by atoms with Crippen LogP contribution in [0.4, 0.5) is 0 Å². The third-order valence-electron chi connectivity index (χ3n) is 3.05. The lowest BCUT2D eigenvalue weighted by molar-refractivity contribution is 0.343. The predicted molar refractivity (Wildman–Crippen MR) is 65.1 cm³/mol. The molecule has 1 aliphatic rings. The smallest absolute Gasteiger partial charge is 0.150 e. The van der Waals surface area contributed by atoms with Crippen LogP contribution in [-0.2, 0) is 9.84 Å². The van der Waals surface area contributed by atoms with Crippen LogP contribution in [0.3, 0.4) is 0 Å². The summed E-state index contributed by atoms with van der Waals surface area (Å²) in [5.74, 6) is 0.491. The fraction of sp³-hybridized carbons (Fsp3) is 0.900. The van der Waals surface area contributed by atoms with Gasteiger partial charge in [-0.1, -0.05) is 12.8 Å². The van der Waals surface area contributed by atoms with Gasteiger partial charge in [0.15, 0.2) is 0 Å². The maximum Gasteiger partial charge on any atom is 0.150 e. The first-order valence-corrected chi connectivity index (χ1v) is 7.63. The molecule has 0 spiro atoms. The Balaban J connectivity index is 2.45. The fourth-order valence-electron chi connectivity index (χ4n) is 2.19. The summed E-state index contributed by atoms with van der Waals surface area (Å²) in [7, 11) is -2.86. The number of thiocarbonyl (C=S) groups is 1. The third-order valence-corrected chi connectivity index (χ3v) is 4.82. The van der Waals surface area contributed by atoms with Crippen LogP contribution >= 0.6 is 12.2 Å². The van der Waals surface area contributed by atoms with Crippen molar-refractivity contribution in [2.24, 2.45) is 10.9 Å². The highest BCUT2D eigenvalue weighted by Crippen LogP contribution is 2.30. The van der Waals surface area contributed by atoms with E-state index in [0.29, 0.717) is 12.5 Å². The van der Waals surface area contributed by atoms with Crippen LogP contribution in [0.15, 0.2) is 4.99 Å². The second-order valence-electron chi connectivity index (χ2n) is 4.25. The maximum atomic E-state index is 11.4. The minimum atomic E-state index is -2.86. The normalized spacial score (nSPS) is 27.0. The van der Waals surface area contributed by atoms with E-state index in [1.54, 1.807) is 0 Å².